The number of sulfonamides is 1. The number of para-hydroxylation sites is 1. The van der Waals surface area contributed by atoms with E-state index in [4.69, 9.17) is 0 Å². The molecule has 0 bridgehead atoms. The highest BCUT2D eigenvalue weighted by Crippen LogP contribution is 2.30. The third kappa shape index (κ3) is 3.96. The number of aromatic amines is 1. The number of rotatable bonds is 6. The maximum atomic E-state index is 13.3. The van der Waals surface area contributed by atoms with E-state index in [2.05, 4.69) is 14.7 Å². The molecule has 5 rings (SSSR count). The van der Waals surface area contributed by atoms with Gasteiger partial charge in [0.25, 0.3) is 5.56 Å². The van der Waals surface area contributed by atoms with Gasteiger partial charge in [-0.2, -0.15) is 0 Å². The number of pyridine rings is 1. The largest absolute Gasteiger partial charge is 0.361 e. The Morgan fingerprint density at radius 2 is 1.69 bits per heavy atom. The second-order valence-corrected chi connectivity index (χ2v) is 10.1. The molecule has 2 N–H and O–H groups in total. The van der Waals surface area contributed by atoms with Gasteiger partial charge in [-0.1, -0.05) is 48.5 Å². The summed E-state index contributed by atoms with van der Waals surface area (Å²) in [5, 5.41) is 1.06. The van der Waals surface area contributed by atoms with Crippen molar-refractivity contribution in [3.63, 3.8) is 0 Å². The predicted octanol–water partition coefficient (Wildman–Crippen LogP) is 2.22. The van der Waals surface area contributed by atoms with E-state index in [9.17, 15) is 18.0 Å². The molecule has 2 aromatic carbocycles. The first-order valence-electron chi connectivity index (χ1n) is 10.9. The molecular weight excluding hydrogens is 466 g/mol. The molecule has 1 unspecified atom stereocenters. The molecule has 3 heterocycles. The van der Waals surface area contributed by atoms with Crippen LogP contribution < -0.4 is 16.0 Å². The molecule has 0 saturated carbocycles. The quantitative estimate of drug-likeness (QED) is 0.379. The highest BCUT2D eigenvalue weighted by molar-refractivity contribution is 7.89. The van der Waals surface area contributed by atoms with Gasteiger partial charge in [-0.25, -0.2) is 22.9 Å². The summed E-state index contributed by atoms with van der Waals surface area (Å²) < 4.78 is 31.3. The van der Waals surface area contributed by atoms with E-state index < -0.39 is 21.3 Å². The minimum atomic E-state index is -4.01. The lowest BCUT2D eigenvalue weighted by molar-refractivity contribution is 0.577. The van der Waals surface area contributed by atoms with Crippen LogP contribution in [0.5, 0.6) is 0 Å². The number of nitrogens with zero attached hydrogens (tertiary/aromatic N) is 3. The average molecular weight is 490 g/mol. The first-order chi connectivity index (χ1) is 16.8. The number of benzene rings is 2. The molecule has 0 aliphatic rings. The first-order valence-corrected chi connectivity index (χ1v) is 12.4. The van der Waals surface area contributed by atoms with Crippen molar-refractivity contribution >= 4 is 32.0 Å². The van der Waals surface area contributed by atoms with Crippen LogP contribution in [-0.2, 0) is 24.1 Å². The van der Waals surface area contributed by atoms with E-state index in [0.29, 0.717) is 0 Å². The van der Waals surface area contributed by atoms with Crippen molar-refractivity contribution in [2.24, 2.45) is 14.1 Å². The Hall–Kier alpha value is -4.02. The van der Waals surface area contributed by atoms with Gasteiger partial charge in [0.1, 0.15) is 10.5 Å². The molecule has 10 heteroatoms. The SMILES string of the molecule is Cn1c(=O)c2cc(S(=O)(=O)NCC(c3ccccc3)c3c[nH]c4ccccc34)cnc2n(C)c1=O. The van der Waals surface area contributed by atoms with Crippen LogP contribution in [0.1, 0.15) is 17.0 Å². The molecule has 3 aromatic heterocycles. The Bertz CT molecular complexity index is 1790. The van der Waals surface area contributed by atoms with Gasteiger partial charge >= 0.3 is 5.69 Å². The third-order valence-corrected chi connectivity index (χ3v) is 7.65. The first kappa shape index (κ1) is 22.8. The van der Waals surface area contributed by atoms with Crippen molar-refractivity contribution in [2.45, 2.75) is 10.8 Å². The molecule has 5 aromatic rings. The zero-order valence-electron chi connectivity index (χ0n) is 19.1. The van der Waals surface area contributed by atoms with Crippen LogP contribution in [0.15, 0.2) is 87.5 Å². The summed E-state index contributed by atoms with van der Waals surface area (Å²) in [6.07, 6.45) is 3.06. The molecule has 1 atom stereocenters. The normalized spacial score (nSPS) is 12.9. The average Bonchev–Trinajstić information content (AvgIpc) is 3.30. The molecule has 9 nitrogen and oxygen atoms in total. The van der Waals surface area contributed by atoms with E-state index in [1.54, 1.807) is 0 Å². The minimum Gasteiger partial charge on any atom is -0.361 e. The van der Waals surface area contributed by atoms with Crippen LogP contribution in [0.3, 0.4) is 0 Å². The highest BCUT2D eigenvalue weighted by atomic mass is 32.2. The summed E-state index contributed by atoms with van der Waals surface area (Å²) in [6.45, 7) is 0.0948. The zero-order valence-corrected chi connectivity index (χ0v) is 19.9. The van der Waals surface area contributed by atoms with Gasteiger partial charge in [-0.3, -0.25) is 13.9 Å². The number of aromatic nitrogens is 4. The number of hydrogen-bond donors (Lipinski definition) is 2. The van der Waals surface area contributed by atoms with Gasteiger partial charge < -0.3 is 4.98 Å². The van der Waals surface area contributed by atoms with E-state index in [-0.39, 0.29) is 28.4 Å². The second-order valence-electron chi connectivity index (χ2n) is 8.35. The van der Waals surface area contributed by atoms with E-state index >= 15 is 0 Å². The molecule has 0 radical (unpaired) electrons. The fourth-order valence-corrected chi connectivity index (χ4v) is 5.36. The van der Waals surface area contributed by atoms with Crippen molar-refractivity contribution < 1.29 is 8.42 Å². The van der Waals surface area contributed by atoms with Crippen molar-refractivity contribution in [3.05, 3.63) is 105 Å². The Kier molecular flexibility index (Phi) is 5.62. The van der Waals surface area contributed by atoms with Crippen LogP contribution >= 0.6 is 0 Å². The summed E-state index contributed by atoms with van der Waals surface area (Å²) in [5.74, 6) is -0.260. The number of nitrogens with one attached hydrogen (secondary N) is 2. The lowest BCUT2D eigenvalue weighted by Crippen LogP contribution is -2.37. The van der Waals surface area contributed by atoms with Gasteiger partial charge in [-0.05, 0) is 23.3 Å². The van der Waals surface area contributed by atoms with Gasteiger partial charge in [0.15, 0.2) is 0 Å². The Balaban J connectivity index is 1.53. The van der Waals surface area contributed by atoms with Crippen LogP contribution in [0.4, 0.5) is 0 Å². The highest BCUT2D eigenvalue weighted by Gasteiger charge is 2.23. The molecule has 0 fully saturated rings. The smallest absolute Gasteiger partial charge is 0.332 e. The van der Waals surface area contributed by atoms with Gasteiger partial charge in [-0.15, -0.1) is 0 Å². The fourth-order valence-electron chi connectivity index (χ4n) is 4.34. The number of aryl methyl sites for hydroxylation is 1. The fraction of sp³-hybridized carbons (Fsp3) is 0.160. The lowest BCUT2D eigenvalue weighted by Gasteiger charge is -2.18. The van der Waals surface area contributed by atoms with Crippen LogP contribution in [0.2, 0.25) is 0 Å². The van der Waals surface area contributed by atoms with Crippen LogP contribution in [-0.4, -0.2) is 34.1 Å². The summed E-state index contributed by atoms with van der Waals surface area (Å²) in [4.78, 5) is 32.0. The maximum Gasteiger partial charge on any atom is 0.332 e. The minimum absolute atomic E-state index is 0.0497. The van der Waals surface area contributed by atoms with Crippen LogP contribution in [0.25, 0.3) is 21.9 Å². The van der Waals surface area contributed by atoms with Crippen molar-refractivity contribution in [1.82, 2.24) is 23.8 Å². The molecule has 0 saturated heterocycles. The molecule has 35 heavy (non-hydrogen) atoms. The van der Waals surface area contributed by atoms with Crippen molar-refractivity contribution in [3.8, 4) is 0 Å². The third-order valence-electron chi connectivity index (χ3n) is 6.25. The van der Waals surface area contributed by atoms with Crippen molar-refractivity contribution in [2.75, 3.05) is 6.54 Å². The summed E-state index contributed by atoms with van der Waals surface area (Å²) >= 11 is 0. The predicted molar refractivity (Wildman–Crippen MR) is 134 cm³/mol. The molecule has 0 aliphatic carbocycles. The molecule has 0 aliphatic heterocycles. The summed E-state index contributed by atoms with van der Waals surface area (Å²) in [5.41, 5.74) is 1.88. The van der Waals surface area contributed by atoms with Gasteiger partial charge in [0, 0.05) is 49.9 Å². The monoisotopic (exact) mass is 489 g/mol. The van der Waals surface area contributed by atoms with E-state index in [0.717, 1.165) is 32.8 Å². The van der Waals surface area contributed by atoms with Gasteiger partial charge in [0.2, 0.25) is 10.0 Å². The van der Waals surface area contributed by atoms with Crippen LogP contribution in [0, 0.1) is 0 Å². The molecule has 0 spiro atoms. The van der Waals surface area contributed by atoms with Gasteiger partial charge in [0.05, 0.1) is 5.39 Å². The zero-order chi connectivity index (χ0) is 24.7. The Labute approximate surface area is 200 Å². The maximum absolute atomic E-state index is 13.3. The Morgan fingerprint density at radius 3 is 2.46 bits per heavy atom. The summed E-state index contributed by atoms with van der Waals surface area (Å²) in [7, 11) is -1.19. The molecule has 178 valence electrons. The van der Waals surface area contributed by atoms with Crippen molar-refractivity contribution in [1.29, 1.82) is 0 Å². The summed E-state index contributed by atoms with van der Waals surface area (Å²) in [6, 6.07) is 18.8. The standard InChI is InChI=1S/C25H23N5O4S/c1-29-23-19(24(31)30(2)25(29)32)12-17(13-27-23)35(33,34)28-15-20(16-8-4-3-5-9-16)21-14-26-22-11-7-6-10-18(21)22/h3-14,20,26,28H,15H2,1-2H3. The number of fused-ring (bicyclic) bond motifs is 2. The second kappa shape index (κ2) is 8.64. The molecular formula is C25H23N5O4S. The topological polar surface area (TPSA) is 119 Å². The number of hydrogen-bond acceptors (Lipinski definition) is 5. The lowest BCUT2D eigenvalue weighted by atomic mass is 9.91. The van der Waals surface area contributed by atoms with E-state index in [1.165, 1.54) is 24.7 Å². The number of H-pyrrole nitrogens is 1. The van der Waals surface area contributed by atoms with E-state index in [1.807, 2.05) is 60.8 Å². The Morgan fingerprint density at radius 1 is 0.971 bits per heavy atom. The molecule has 0 amide bonds.